The van der Waals surface area contributed by atoms with E-state index in [9.17, 15) is 48.3 Å². The standard InChI is InChI=1S/C54H101N9O10/c1-28(2)19-37(55)46(64)56-38(20-29(3)4)47(65)57-39(21-30(5)6)48(66)58-40(22-31(7)8)49(67)59-41(23-32(9)10)50(68)60-42(24-33(11)12)51(69)61-43(25-34(13)14)52(70)62-44(26-35(15)16)53(71)63-45(54(72)73)27-36(17)18/h28-45H,19-27,55H2,1-18H3,(H,56,64)(H,57,65)(H,58,66)(H,59,67)(H,60,68)(H,61,69)(H,62,70)(H,63,71)(H,72,73)/t37-,38-,39-,40-,41-,42-,43-,44-,45-/m0/s1. The van der Waals surface area contributed by atoms with Gasteiger partial charge in [-0.25, -0.2) is 4.79 Å². The summed E-state index contributed by atoms with van der Waals surface area (Å²) in [5.74, 6) is -6.44. The zero-order valence-corrected chi connectivity index (χ0v) is 48.0. The quantitative estimate of drug-likeness (QED) is 0.0415. The molecule has 0 aliphatic rings. The zero-order valence-electron chi connectivity index (χ0n) is 48.0. The molecule has 0 spiro atoms. The molecule has 422 valence electrons. The number of carbonyl (C=O) groups excluding carboxylic acids is 8. The van der Waals surface area contributed by atoms with Crippen LogP contribution in [0.4, 0.5) is 0 Å². The highest BCUT2D eigenvalue weighted by Crippen LogP contribution is 2.16. The van der Waals surface area contributed by atoms with Crippen LogP contribution in [-0.2, 0) is 43.2 Å². The van der Waals surface area contributed by atoms with Crippen LogP contribution in [0.15, 0.2) is 0 Å². The Balaban J connectivity index is 6.69. The monoisotopic (exact) mass is 1040 g/mol. The molecule has 19 heteroatoms. The van der Waals surface area contributed by atoms with Crippen molar-refractivity contribution in [1.82, 2.24) is 42.5 Å². The fraction of sp³-hybridized carbons (Fsp3) is 0.833. The molecule has 0 aliphatic heterocycles. The van der Waals surface area contributed by atoms with Crippen molar-refractivity contribution in [1.29, 1.82) is 0 Å². The number of carboxylic acid groups (broad SMARTS) is 1. The van der Waals surface area contributed by atoms with E-state index in [0.717, 1.165) is 0 Å². The molecule has 0 saturated carbocycles. The first-order valence-electron chi connectivity index (χ1n) is 27.0. The summed E-state index contributed by atoms with van der Waals surface area (Å²) in [7, 11) is 0. The highest BCUT2D eigenvalue weighted by Gasteiger charge is 2.36. The van der Waals surface area contributed by atoms with Crippen LogP contribution < -0.4 is 48.3 Å². The Morgan fingerprint density at radius 3 is 0.548 bits per heavy atom. The summed E-state index contributed by atoms with van der Waals surface area (Å²) in [4.78, 5) is 123. The highest BCUT2D eigenvalue weighted by atomic mass is 16.4. The van der Waals surface area contributed by atoms with E-state index in [0.29, 0.717) is 12.8 Å². The molecule has 73 heavy (non-hydrogen) atoms. The van der Waals surface area contributed by atoms with E-state index in [4.69, 9.17) is 5.73 Å². The van der Waals surface area contributed by atoms with Crippen LogP contribution in [-0.4, -0.2) is 113 Å². The molecule has 9 atom stereocenters. The number of nitrogens with two attached hydrogens (primary N) is 1. The van der Waals surface area contributed by atoms with Crippen LogP contribution in [0.1, 0.15) is 182 Å². The third-order valence-electron chi connectivity index (χ3n) is 11.8. The van der Waals surface area contributed by atoms with Crippen LogP contribution >= 0.6 is 0 Å². The number of carbonyl (C=O) groups is 9. The fourth-order valence-electron chi connectivity index (χ4n) is 8.41. The topological polar surface area (TPSA) is 296 Å². The molecule has 0 saturated heterocycles. The van der Waals surface area contributed by atoms with Crippen LogP contribution in [0.5, 0.6) is 0 Å². The number of hydrogen-bond acceptors (Lipinski definition) is 10. The summed E-state index contributed by atoms with van der Waals surface area (Å²) in [5, 5.41) is 32.1. The van der Waals surface area contributed by atoms with Crippen molar-refractivity contribution < 1.29 is 48.3 Å². The van der Waals surface area contributed by atoms with Gasteiger partial charge in [-0.05, 0) is 111 Å². The largest absolute Gasteiger partial charge is 0.480 e. The van der Waals surface area contributed by atoms with Crippen molar-refractivity contribution in [3.63, 3.8) is 0 Å². The van der Waals surface area contributed by atoms with Crippen molar-refractivity contribution >= 4 is 53.2 Å². The van der Waals surface area contributed by atoms with Gasteiger partial charge in [-0.1, -0.05) is 125 Å². The third-order valence-corrected chi connectivity index (χ3v) is 11.8. The van der Waals surface area contributed by atoms with Crippen LogP contribution in [0.2, 0.25) is 0 Å². The van der Waals surface area contributed by atoms with Crippen molar-refractivity contribution in [3.8, 4) is 0 Å². The maximum atomic E-state index is 14.3. The molecule has 0 bridgehead atoms. The van der Waals surface area contributed by atoms with E-state index >= 15 is 0 Å². The SMILES string of the molecule is CC(C)C[C@H](NC(=O)[C@H](CC(C)C)NC(=O)[C@H](CC(C)C)NC(=O)[C@H](CC(C)C)NC(=O)[C@H](CC(C)C)NC(=O)[C@H](CC(C)C)NC(=O)[C@H](CC(C)C)NC(=O)[C@H](CC(C)C)NC(=O)[C@@H](N)CC(C)C)C(=O)O. The minimum atomic E-state index is -1.19. The minimum Gasteiger partial charge on any atom is -0.480 e. The smallest absolute Gasteiger partial charge is 0.326 e. The summed E-state index contributed by atoms with van der Waals surface area (Å²) in [5.41, 5.74) is 6.14. The summed E-state index contributed by atoms with van der Waals surface area (Å²) < 4.78 is 0. The van der Waals surface area contributed by atoms with Crippen molar-refractivity contribution in [2.45, 2.75) is 237 Å². The Hall–Kier alpha value is -4.81. The molecule has 0 aliphatic carbocycles. The van der Waals surface area contributed by atoms with Gasteiger partial charge in [0.05, 0.1) is 6.04 Å². The minimum absolute atomic E-state index is 0.0129. The molecule has 0 aromatic carbocycles. The highest BCUT2D eigenvalue weighted by molar-refractivity contribution is 5.98. The summed E-state index contributed by atoms with van der Waals surface area (Å²) in [6.45, 7) is 33.9. The average Bonchev–Trinajstić information content (AvgIpc) is 3.22. The van der Waals surface area contributed by atoms with Crippen molar-refractivity contribution in [3.05, 3.63) is 0 Å². The molecule has 0 unspecified atom stereocenters. The number of rotatable bonds is 35. The number of carboxylic acids is 1. The van der Waals surface area contributed by atoms with E-state index in [-0.39, 0.29) is 98.2 Å². The average molecular weight is 1040 g/mol. The van der Waals surface area contributed by atoms with E-state index in [1.165, 1.54) is 0 Å². The number of hydrogen-bond donors (Lipinski definition) is 10. The summed E-state index contributed by atoms with van der Waals surface area (Å²) in [6.07, 6.45) is 2.04. The van der Waals surface area contributed by atoms with E-state index in [1.807, 2.05) is 125 Å². The second-order valence-corrected chi connectivity index (χ2v) is 24.1. The lowest BCUT2D eigenvalue weighted by atomic mass is 9.97. The molecule has 0 aromatic rings. The Morgan fingerprint density at radius 2 is 0.397 bits per heavy atom. The van der Waals surface area contributed by atoms with Crippen LogP contribution in [0, 0.1) is 53.3 Å². The predicted octanol–water partition coefficient (Wildman–Crippen LogP) is 4.69. The van der Waals surface area contributed by atoms with Crippen molar-refractivity contribution in [2.24, 2.45) is 59.0 Å². The van der Waals surface area contributed by atoms with Gasteiger partial charge in [-0.3, -0.25) is 38.4 Å². The van der Waals surface area contributed by atoms with Gasteiger partial charge in [0.15, 0.2) is 0 Å². The first-order valence-corrected chi connectivity index (χ1v) is 27.0. The Labute approximate surface area is 438 Å². The van der Waals surface area contributed by atoms with Gasteiger partial charge in [0, 0.05) is 0 Å². The third kappa shape index (κ3) is 29.0. The maximum absolute atomic E-state index is 14.3. The lowest BCUT2D eigenvalue weighted by Crippen LogP contribution is -2.61. The van der Waals surface area contributed by atoms with Gasteiger partial charge in [0.2, 0.25) is 47.3 Å². The number of nitrogens with one attached hydrogen (secondary N) is 8. The molecule has 8 amide bonds. The zero-order chi connectivity index (χ0) is 56.6. The molecule has 11 N–H and O–H groups in total. The number of aliphatic carboxylic acids is 1. The van der Waals surface area contributed by atoms with E-state index < -0.39 is 108 Å². The van der Waals surface area contributed by atoms with Gasteiger partial charge in [-0.15, -0.1) is 0 Å². The van der Waals surface area contributed by atoms with E-state index in [2.05, 4.69) is 42.5 Å². The molecule has 0 fully saturated rings. The van der Waals surface area contributed by atoms with Gasteiger partial charge in [-0.2, -0.15) is 0 Å². The second kappa shape index (κ2) is 33.9. The maximum Gasteiger partial charge on any atom is 0.326 e. The summed E-state index contributed by atoms with van der Waals surface area (Å²) in [6, 6.07) is -9.66. The molecular formula is C54H101N9O10. The van der Waals surface area contributed by atoms with Crippen molar-refractivity contribution in [2.75, 3.05) is 0 Å². The summed E-state index contributed by atoms with van der Waals surface area (Å²) >= 11 is 0. The molecular weight excluding hydrogens is 935 g/mol. The normalized spacial score (nSPS) is 15.6. The van der Waals surface area contributed by atoms with Gasteiger partial charge < -0.3 is 53.4 Å². The molecule has 0 rings (SSSR count). The van der Waals surface area contributed by atoms with Crippen LogP contribution in [0.25, 0.3) is 0 Å². The lowest BCUT2D eigenvalue weighted by Gasteiger charge is -2.30. The predicted molar refractivity (Wildman–Crippen MR) is 286 cm³/mol. The number of amides is 8. The van der Waals surface area contributed by atoms with Gasteiger partial charge in [0.25, 0.3) is 0 Å². The van der Waals surface area contributed by atoms with E-state index in [1.54, 1.807) is 0 Å². The molecule has 0 radical (unpaired) electrons. The lowest BCUT2D eigenvalue weighted by molar-refractivity contribution is -0.143. The molecule has 0 heterocycles. The molecule has 19 nitrogen and oxygen atoms in total. The first-order chi connectivity index (χ1) is 33.6. The fourth-order valence-corrected chi connectivity index (χ4v) is 8.41. The second-order valence-electron chi connectivity index (χ2n) is 24.1. The Bertz CT molecular complexity index is 1770. The van der Waals surface area contributed by atoms with Gasteiger partial charge in [0.1, 0.15) is 48.3 Å². The Morgan fingerprint density at radius 1 is 0.260 bits per heavy atom. The molecule has 0 aromatic heterocycles. The van der Waals surface area contributed by atoms with Crippen LogP contribution in [0.3, 0.4) is 0 Å². The Kier molecular flexibility index (Phi) is 31.7. The van der Waals surface area contributed by atoms with Gasteiger partial charge >= 0.3 is 5.97 Å². The first kappa shape index (κ1) is 68.2.